The molecule has 0 aromatic carbocycles. The molecule has 0 radical (unpaired) electrons. The number of rotatable bonds is 4. The van der Waals surface area contributed by atoms with Gasteiger partial charge in [0.2, 0.25) is 0 Å². The molecule has 1 atom stereocenters. The van der Waals surface area contributed by atoms with E-state index in [-0.39, 0.29) is 6.04 Å². The SMILES string of the molecule is CCOC(=O)c1cnn(-c2ncccc2C(C)N)c1. The van der Waals surface area contributed by atoms with Crippen LogP contribution in [-0.4, -0.2) is 27.3 Å². The van der Waals surface area contributed by atoms with E-state index in [1.165, 1.54) is 10.9 Å². The van der Waals surface area contributed by atoms with Crippen LogP contribution in [0.15, 0.2) is 30.7 Å². The minimum absolute atomic E-state index is 0.168. The lowest BCUT2D eigenvalue weighted by atomic mass is 10.1. The van der Waals surface area contributed by atoms with Crippen LogP contribution in [0.2, 0.25) is 0 Å². The summed E-state index contributed by atoms with van der Waals surface area (Å²) in [5.74, 6) is 0.222. The lowest BCUT2D eigenvalue weighted by Crippen LogP contribution is -2.11. The third-order valence-corrected chi connectivity index (χ3v) is 2.62. The molecule has 0 aliphatic heterocycles. The highest BCUT2D eigenvalue weighted by molar-refractivity contribution is 5.88. The number of aromatic nitrogens is 3. The molecule has 0 saturated carbocycles. The average molecular weight is 260 g/mol. The first-order valence-electron chi connectivity index (χ1n) is 6.06. The summed E-state index contributed by atoms with van der Waals surface area (Å²) in [5.41, 5.74) is 7.15. The van der Waals surface area contributed by atoms with Crippen molar-refractivity contribution in [3.8, 4) is 5.82 Å². The predicted octanol–water partition coefficient (Wildman–Crippen LogP) is 1.46. The topological polar surface area (TPSA) is 83.0 Å². The Labute approximate surface area is 111 Å². The molecule has 100 valence electrons. The molecule has 6 nitrogen and oxygen atoms in total. The fourth-order valence-corrected chi connectivity index (χ4v) is 1.71. The molecule has 0 spiro atoms. The predicted molar refractivity (Wildman–Crippen MR) is 69.9 cm³/mol. The van der Waals surface area contributed by atoms with Crippen molar-refractivity contribution >= 4 is 5.97 Å². The van der Waals surface area contributed by atoms with Crippen LogP contribution in [-0.2, 0) is 4.74 Å². The highest BCUT2D eigenvalue weighted by Gasteiger charge is 2.14. The van der Waals surface area contributed by atoms with Gasteiger partial charge in [-0.05, 0) is 19.9 Å². The molecule has 0 saturated heterocycles. The van der Waals surface area contributed by atoms with Gasteiger partial charge >= 0.3 is 5.97 Å². The zero-order valence-electron chi connectivity index (χ0n) is 10.9. The largest absolute Gasteiger partial charge is 0.462 e. The van der Waals surface area contributed by atoms with Crippen LogP contribution in [0, 0.1) is 0 Å². The molecule has 2 rings (SSSR count). The maximum Gasteiger partial charge on any atom is 0.341 e. The van der Waals surface area contributed by atoms with E-state index in [1.54, 1.807) is 19.3 Å². The molecular formula is C13H16N4O2. The summed E-state index contributed by atoms with van der Waals surface area (Å²) in [4.78, 5) is 15.8. The first-order valence-corrected chi connectivity index (χ1v) is 6.06. The number of nitrogens with two attached hydrogens (primary N) is 1. The van der Waals surface area contributed by atoms with E-state index in [9.17, 15) is 4.79 Å². The van der Waals surface area contributed by atoms with Gasteiger partial charge in [0.05, 0.1) is 18.4 Å². The molecule has 19 heavy (non-hydrogen) atoms. The molecule has 0 aliphatic rings. The summed E-state index contributed by atoms with van der Waals surface area (Å²) in [7, 11) is 0. The zero-order chi connectivity index (χ0) is 13.8. The van der Waals surface area contributed by atoms with Crippen LogP contribution >= 0.6 is 0 Å². The number of carbonyl (C=O) groups is 1. The van der Waals surface area contributed by atoms with Gasteiger partial charge in [-0.25, -0.2) is 14.5 Å². The Morgan fingerprint density at radius 1 is 1.58 bits per heavy atom. The van der Waals surface area contributed by atoms with Crippen molar-refractivity contribution in [2.75, 3.05) is 6.61 Å². The maximum atomic E-state index is 11.6. The summed E-state index contributed by atoms with van der Waals surface area (Å²) in [5, 5.41) is 4.13. The molecule has 2 N–H and O–H groups in total. The van der Waals surface area contributed by atoms with E-state index in [0.717, 1.165) is 5.56 Å². The van der Waals surface area contributed by atoms with Crippen LogP contribution in [0.3, 0.4) is 0 Å². The van der Waals surface area contributed by atoms with Gasteiger partial charge < -0.3 is 10.5 Å². The van der Waals surface area contributed by atoms with Crippen LogP contribution in [0.1, 0.15) is 35.8 Å². The van der Waals surface area contributed by atoms with Crippen LogP contribution in [0.5, 0.6) is 0 Å². The number of pyridine rings is 1. The lowest BCUT2D eigenvalue weighted by Gasteiger charge is -2.10. The van der Waals surface area contributed by atoms with Crippen LogP contribution < -0.4 is 5.73 Å². The summed E-state index contributed by atoms with van der Waals surface area (Å²) in [6.07, 6.45) is 4.71. The number of ether oxygens (including phenoxy) is 1. The van der Waals surface area contributed by atoms with Gasteiger partial charge in [0.15, 0.2) is 5.82 Å². The molecule has 0 aliphatic carbocycles. The highest BCUT2D eigenvalue weighted by Crippen LogP contribution is 2.17. The van der Waals surface area contributed by atoms with E-state index in [1.807, 2.05) is 19.1 Å². The fourth-order valence-electron chi connectivity index (χ4n) is 1.71. The highest BCUT2D eigenvalue weighted by atomic mass is 16.5. The molecule has 2 aromatic heterocycles. The van der Waals surface area contributed by atoms with Crippen molar-refractivity contribution in [3.63, 3.8) is 0 Å². The quantitative estimate of drug-likeness (QED) is 0.841. The summed E-state index contributed by atoms with van der Waals surface area (Å²) in [6.45, 7) is 3.96. The standard InChI is InChI=1S/C13H16N4O2/c1-3-19-13(18)10-7-16-17(8-10)12-11(9(2)14)5-4-6-15-12/h4-9H,3,14H2,1-2H3. The summed E-state index contributed by atoms with van der Waals surface area (Å²) in [6, 6.07) is 3.54. The molecule has 2 heterocycles. The Balaban J connectivity index is 2.36. The number of carbonyl (C=O) groups excluding carboxylic acids is 1. The van der Waals surface area contributed by atoms with E-state index in [4.69, 9.17) is 10.5 Å². The fraction of sp³-hybridized carbons (Fsp3) is 0.308. The van der Waals surface area contributed by atoms with E-state index in [0.29, 0.717) is 18.0 Å². The Morgan fingerprint density at radius 3 is 3.05 bits per heavy atom. The van der Waals surface area contributed by atoms with Crippen molar-refractivity contribution in [3.05, 3.63) is 41.9 Å². The molecule has 2 aromatic rings. The van der Waals surface area contributed by atoms with Crippen LogP contribution in [0.25, 0.3) is 5.82 Å². The van der Waals surface area contributed by atoms with Crippen molar-refractivity contribution in [2.24, 2.45) is 5.73 Å². The molecule has 6 heteroatoms. The minimum atomic E-state index is -0.396. The number of nitrogens with zero attached hydrogens (tertiary/aromatic N) is 3. The zero-order valence-corrected chi connectivity index (χ0v) is 10.9. The average Bonchev–Trinajstić information content (AvgIpc) is 2.88. The molecule has 1 unspecified atom stereocenters. The maximum absolute atomic E-state index is 11.6. The Hall–Kier alpha value is -2.21. The molecule has 0 fully saturated rings. The van der Waals surface area contributed by atoms with E-state index in [2.05, 4.69) is 10.1 Å². The van der Waals surface area contributed by atoms with E-state index < -0.39 is 5.97 Å². The summed E-state index contributed by atoms with van der Waals surface area (Å²) >= 11 is 0. The first kappa shape index (κ1) is 13.2. The van der Waals surface area contributed by atoms with Gasteiger partial charge in [-0.3, -0.25) is 0 Å². The summed E-state index contributed by atoms with van der Waals surface area (Å²) < 4.78 is 6.45. The van der Waals surface area contributed by atoms with Gasteiger partial charge in [0.1, 0.15) is 0 Å². The lowest BCUT2D eigenvalue weighted by molar-refractivity contribution is 0.0526. The minimum Gasteiger partial charge on any atom is -0.462 e. The second kappa shape index (κ2) is 5.62. The van der Waals surface area contributed by atoms with Gasteiger partial charge in [-0.15, -0.1) is 0 Å². The Morgan fingerprint density at radius 2 is 2.37 bits per heavy atom. The molecule has 0 amide bonds. The third kappa shape index (κ3) is 2.79. The van der Waals surface area contributed by atoms with Crippen LogP contribution in [0.4, 0.5) is 0 Å². The Kier molecular flexibility index (Phi) is 3.91. The van der Waals surface area contributed by atoms with Gasteiger partial charge in [0, 0.05) is 24.0 Å². The van der Waals surface area contributed by atoms with Crippen molar-refractivity contribution in [1.29, 1.82) is 0 Å². The number of hydrogen-bond acceptors (Lipinski definition) is 5. The smallest absolute Gasteiger partial charge is 0.341 e. The number of esters is 1. The van der Waals surface area contributed by atoms with Crippen molar-refractivity contribution < 1.29 is 9.53 Å². The number of hydrogen-bond donors (Lipinski definition) is 1. The monoisotopic (exact) mass is 260 g/mol. The van der Waals surface area contributed by atoms with E-state index >= 15 is 0 Å². The van der Waals surface area contributed by atoms with Gasteiger partial charge in [-0.1, -0.05) is 6.07 Å². The Bertz CT molecular complexity index is 578. The molecular weight excluding hydrogens is 244 g/mol. The first-order chi connectivity index (χ1) is 9.13. The second-order valence-corrected chi connectivity index (χ2v) is 4.10. The van der Waals surface area contributed by atoms with Gasteiger partial charge in [0.25, 0.3) is 0 Å². The normalized spacial score (nSPS) is 12.2. The van der Waals surface area contributed by atoms with Crippen molar-refractivity contribution in [2.45, 2.75) is 19.9 Å². The molecule has 0 bridgehead atoms. The van der Waals surface area contributed by atoms with Gasteiger partial charge in [-0.2, -0.15) is 5.10 Å². The second-order valence-electron chi connectivity index (χ2n) is 4.10. The van der Waals surface area contributed by atoms with Crippen molar-refractivity contribution in [1.82, 2.24) is 14.8 Å². The third-order valence-electron chi connectivity index (χ3n) is 2.62.